The Morgan fingerprint density at radius 1 is 1.13 bits per heavy atom. The van der Waals surface area contributed by atoms with E-state index in [1.54, 1.807) is 24.3 Å². The Bertz CT molecular complexity index is 1160. The standard InChI is InChI=1S/C22H23NO5S.ClH/c1-26-21-11-17(10-18-19-12-23-8-6-20(19)28-22(18)21)29(24,25)16-4-2-14(3-5-16)15-7-9-27-13-15;/h2-5,10-11,15,23H,6-9,12-13H2,1H3;1H. The van der Waals surface area contributed by atoms with Crippen molar-refractivity contribution in [1.82, 2.24) is 5.32 Å². The first-order chi connectivity index (χ1) is 14.1. The molecule has 0 radical (unpaired) electrons. The molecule has 2 aromatic carbocycles. The Morgan fingerprint density at radius 2 is 1.93 bits per heavy atom. The Morgan fingerprint density at radius 3 is 2.63 bits per heavy atom. The SMILES string of the molecule is COc1cc(S(=O)(=O)c2ccc(C3CCOC3)cc2)cc2c3c(oc12)CCNC3.Cl. The van der Waals surface area contributed by atoms with Crippen molar-refractivity contribution in [3.05, 3.63) is 53.3 Å². The average Bonchev–Trinajstić information content (AvgIpc) is 3.41. The maximum Gasteiger partial charge on any atom is 0.206 e. The highest BCUT2D eigenvalue weighted by Crippen LogP contribution is 2.38. The van der Waals surface area contributed by atoms with Crippen molar-refractivity contribution in [1.29, 1.82) is 0 Å². The Balaban J connectivity index is 0.00000218. The predicted molar refractivity (Wildman–Crippen MR) is 115 cm³/mol. The fourth-order valence-corrected chi connectivity index (χ4v) is 5.51. The summed E-state index contributed by atoms with van der Waals surface area (Å²) in [6.07, 6.45) is 1.75. The highest BCUT2D eigenvalue weighted by atomic mass is 35.5. The molecule has 1 N–H and O–H groups in total. The van der Waals surface area contributed by atoms with E-state index in [0.717, 1.165) is 48.3 Å². The van der Waals surface area contributed by atoms with Gasteiger partial charge in [-0.2, -0.15) is 0 Å². The molecular weight excluding hydrogens is 426 g/mol. The zero-order chi connectivity index (χ0) is 20.0. The molecule has 2 aliphatic heterocycles. The van der Waals surface area contributed by atoms with E-state index in [1.807, 2.05) is 12.1 Å². The van der Waals surface area contributed by atoms with Gasteiger partial charge in [-0.25, -0.2) is 8.42 Å². The Labute approximate surface area is 181 Å². The molecule has 0 amide bonds. The summed E-state index contributed by atoms with van der Waals surface area (Å²) in [5.74, 6) is 1.68. The molecule has 5 rings (SSSR count). The summed E-state index contributed by atoms with van der Waals surface area (Å²) >= 11 is 0. The lowest BCUT2D eigenvalue weighted by Crippen LogP contribution is -2.22. The van der Waals surface area contributed by atoms with Gasteiger partial charge >= 0.3 is 0 Å². The van der Waals surface area contributed by atoms with Gasteiger partial charge in [0.25, 0.3) is 0 Å². The van der Waals surface area contributed by atoms with Crippen LogP contribution in [0.1, 0.15) is 29.2 Å². The number of methoxy groups -OCH3 is 1. The van der Waals surface area contributed by atoms with Crippen molar-refractivity contribution in [2.45, 2.75) is 35.1 Å². The van der Waals surface area contributed by atoms with Gasteiger partial charge in [-0.05, 0) is 30.2 Å². The van der Waals surface area contributed by atoms with Crippen LogP contribution in [0.25, 0.3) is 11.0 Å². The van der Waals surface area contributed by atoms with Gasteiger partial charge in [0, 0.05) is 49.1 Å². The number of fused-ring (bicyclic) bond motifs is 3. The van der Waals surface area contributed by atoms with Crippen LogP contribution in [-0.4, -0.2) is 35.3 Å². The smallest absolute Gasteiger partial charge is 0.206 e. The lowest BCUT2D eigenvalue weighted by molar-refractivity contribution is 0.194. The molecule has 160 valence electrons. The first kappa shape index (κ1) is 21.2. The summed E-state index contributed by atoms with van der Waals surface area (Å²) in [6.45, 7) is 2.96. The minimum Gasteiger partial charge on any atom is -0.493 e. The van der Waals surface area contributed by atoms with Gasteiger partial charge in [-0.15, -0.1) is 12.4 Å². The number of halogens is 1. The average molecular weight is 450 g/mol. The number of nitrogens with one attached hydrogen (secondary N) is 1. The lowest BCUT2D eigenvalue weighted by Gasteiger charge is -2.12. The number of hydrogen-bond donors (Lipinski definition) is 1. The summed E-state index contributed by atoms with van der Waals surface area (Å²) in [7, 11) is -2.15. The van der Waals surface area contributed by atoms with Crippen LogP contribution in [0.2, 0.25) is 0 Å². The van der Waals surface area contributed by atoms with E-state index in [4.69, 9.17) is 13.9 Å². The summed E-state index contributed by atoms with van der Waals surface area (Å²) in [5.41, 5.74) is 2.74. The maximum atomic E-state index is 13.3. The Hall–Kier alpha value is -2.06. The van der Waals surface area contributed by atoms with E-state index in [1.165, 1.54) is 7.11 Å². The molecule has 1 fully saturated rings. The monoisotopic (exact) mass is 449 g/mol. The molecule has 0 aliphatic carbocycles. The minimum absolute atomic E-state index is 0. The van der Waals surface area contributed by atoms with Crippen molar-refractivity contribution in [3.63, 3.8) is 0 Å². The summed E-state index contributed by atoms with van der Waals surface area (Å²) in [6, 6.07) is 10.4. The number of ether oxygens (including phenoxy) is 2. The van der Waals surface area contributed by atoms with Crippen molar-refractivity contribution in [2.24, 2.45) is 0 Å². The number of benzene rings is 2. The van der Waals surface area contributed by atoms with Crippen LogP contribution in [0.4, 0.5) is 0 Å². The third-order valence-corrected chi connectivity index (χ3v) is 7.62. The van der Waals surface area contributed by atoms with Crippen LogP contribution in [0.5, 0.6) is 5.75 Å². The molecule has 1 aromatic heterocycles. The number of rotatable bonds is 4. The van der Waals surface area contributed by atoms with Gasteiger partial charge in [0.1, 0.15) is 5.76 Å². The Kier molecular flexibility index (Phi) is 5.81. The summed E-state index contributed by atoms with van der Waals surface area (Å²) in [4.78, 5) is 0.491. The van der Waals surface area contributed by atoms with Gasteiger partial charge in [0.05, 0.1) is 23.5 Å². The molecule has 1 saturated heterocycles. The van der Waals surface area contributed by atoms with Gasteiger partial charge in [0.2, 0.25) is 9.84 Å². The fourth-order valence-electron chi connectivity index (χ4n) is 4.21. The largest absolute Gasteiger partial charge is 0.493 e. The van der Waals surface area contributed by atoms with Crippen molar-refractivity contribution in [3.8, 4) is 5.75 Å². The van der Waals surface area contributed by atoms with E-state index in [0.29, 0.717) is 30.4 Å². The van der Waals surface area contributed by atoms with Gasteiger partial charge in [0.15, 0.2) is 11.3 Å². The fraction of sp³-hybridized carbons (Fsp3) is 0.364. The van der Waals surface area contributed by atoms with Crippen LogP contribution in [0.3, 0.4) is 0 Å². The second-order valence-corrected chi connectivity index (χ2v) is 9.52. The van der Waals surface area contributed by atoms with Gasteiger partial charge in [-0.1, -0.05) is 12.1 Å². The molecule has 6 nitrogen and oxygen atoms in total. The molecule has 2 aliphatic rings. The lowest BCUT2D eigenvalue weighted by atomic mass is 9.99. The molecule has 0 saturated carbocycles. The molecule has 1 unspecified atom stereocenters. The van der Waals surface area contributed by atoms with E-state index < -0.39 is 9.84 Å². The zero-order valence-corrected chi connectivity index (χ0v) is 18.3. The minimum atomic E-state index is -3.68. The summed E-state index contributed by atoms with van der Waals surface area (Å²) in [5, 5.41) is 4.12. The van der Waals surface area contributed by atoms with E-state index in [-0.39, 0.29) is 22.2 Å². The summed E-state index contributed by atoms with van der Waals surface area (Å²) < 4.78 is 43.6. The maximum absolute atomic E-state index is 13.3. The molecule has 3 heterocycles. The van der Waals surface area contributed by atoms with Crippen molar-refractivity contribution in [2.75, 3.05) is 26.9 Å². The number of furan rings is 1. The second-order valence-electron chi connectivity index (χ2n) is 7.57. The molecular formula is C22H24ClNO5S. The highest BCUT2D eigenvalue weighted by molar-refractivity contribution is 7.91. The van der Waals surface area contributed by atoms with Crippen LogP contribution in [0.15, 0.2) is 50.6 Å². The molecule has 3 aromatic rings. The third-order valence-electron chi connectivity index (χ3n) is 5.87. The van der Waals surface area contributed by atoms with Crippen LogP contribution < -0.4 is 10.1 Å². The van der Waals surface area contributed by atoms with Crippen LogP contribution in [0, 0.1) is 0 Å². The highest BCUT2D eigenvalue weighted by Gasteiger charge is 2.26. The predicted octanol–water partition coefficient (Wildman–Crippen LogP) is 3.85. The van der Waals surface area contributed by atoms with Crippen molar-refractivity contribution >= 4 is 33.2 Å². The third kappa shape index (κ3) is 3.50. The number of hydrogen-bond acceptors (Lipinski definition) is 6. The molecule has 0 bridgehead atoms. The normalized spacial score (nSPS) is 18.8. The zero-order valence-electron chi connectivity index (χ0n) is 16.6. The molecule has 1 atom stereocenters. The second kappa shape index (κ2) is 8.23. The van der Waals surface area contributed by atoms with Crippen molar-refractivity contribution < 1.29 is 22.3 Å². The van der Waals surface area contributed by atoms with E-state index >= 15 is 0 Å². The number of sulfone groups is 1. The van der Waals surface area contributed by atoms with Gasteiger partial charge < -0.3 is 19.2 Å². The van der Waals surface area contributed by atoms with E-state index in [2.05, 4.69) is 5.32 Å². The molecule has 8 heteroatoms. The molecule has 30 heavy (non-hydrogen) atoms. The van der Waals surface area contributed by atoms with Crippen LogP contribution in [-0.2, 0) is 27.5 Å². The topological polar surface area (TPSA) is 77.8 Å². The molecule has 0 spiro atoms. The quantitative estimate of drug-likeness (QED) is 0.652. The van der Waals surface area contributed by atoms with E-state index in [9.17, 15) is 8.42 Å². The van der Waals surface area contributed by atoms with Gasteiger partial charge in [-0.3, -0.25) is 0 Å². The van der Waals surface area contributed by atoms with Crippen LogP contribution >= 0.6 is 12.4 Å². The first-order valence-corrected chi connectivity index (χ1v) is 11.3. The first-order valence-electron chi connectivity index (χ1n) is 9.84.